The first kappa shape index (κ1) is 23.5. The number of halogens is 4. The predicted molar refractivity (Wildman–Crippen MR) is 109 cm³/mol. The molecule has 0 saturated heterocycles. The van der Waals surface area contributed by atoms with E-state index in [0.29, 0.717) is 16.5 Å². The summed E-state index contributed by atoms with van der Waals surface area (Å²) in [6, 6.07) is 8.53. The van der Waals surface area contributed by atoms with Crippen molar-refractivity contribution < 1.29 is 27.5 Å². The van der Waals surface area contributed by atoms with E-state index in [1.165, 1.54) is 50.2 Å². The van der Waals surface area contributed by atoms with Gasteiger partial charge in [0.1, 0.15) is 5.75 Å². The summed E-state index contributed by atoms with van der Waals surface area (Å²) < 4.78 is 44.4. The maximum atomic E-state index is 13.1. The molecule has 0 fully saturated rings. The summed E-state index contributed by atoms with van der Waals surface area (Å²) in [5.41, 5.74) is -0.929. The van der Waals surface area contributed by atoms with Crippen LogP contribution in [0.5, 0.6) is 5.75 Å². The fraction of sp³-hybridized carbons (Fsp3) is 0.300. The Morgan fingerprint density at radius 3 is 2.43 bits per heavy atom. The van der Waals surface area contributed by atoms with Gasteiger partial charge in [-0.3, -0.25) is 14.5 Å². The molecule has 0 aliphatic carbocycles. The van der Waals surface area contributed by atoms with Crippen LogP contribution in [0, 0.1) is 0 Å². The number of ether oxygens (including phenoxy) is 1. The molecule has 1 atom stereocenters. The first-order chi connectivity index (χ1) is 14.0. The molecule has 0 saturated carbocycles. The van der Waals surface area contributed by atoms with Crippen LogP contribution in [0.4, 0.5) is 24.5 Å². The number of carbonyl (C=O) groups is 2. The molecule has 162 valence electrons. The fourth-order valence-electron chi connectivity index (χ4n) is 2.61. The molecule has 30 heavy (non-hydrogen) atoms. The van der Waals surface area contributed by atoms with Gasteiger partial charge in [-0.15, -0.1) is 0 Å². The van der Waals surface area contributed by atoms with Crippen LogP contribution in [-0.4, -0.2) is 43.5 Å². The Hall–Kier alpha value is -2.78. The second-order valence-corrected chi connectivity index (χ2v) is 6.95. The van der Waals surface area contributed by atoms with Crippen molar-refractivity contribution in [3.63, 3.8) is 0 Å². The maximum Gasteiger partial charge on any atom is 0.418 e. The average Bonchev–Trinajstić information content (AvgIpc) is 2.67. The Morgan fingerprint density at radius 1 is 1.13 bits per heavy atom. The number of hydrogen-bond donors (Lipinski definition) is 2. The van der Waals surface area contributed by atoms with Crippen molar-refractivity contribution in [2.45, 2.75) is 19.1 Å². The second kappa shape index (κ2) is 9.82. The van der Waals surface area contributed by atoms with Gasteiger partial charge in [0.25, 0.3) is 0 Å². The Balaban J connectivity index is 2.02. The summed E-state index contributed by atoms with van der Waals surface area (Å²) in [6.45, 7) is 1.30. The highest BCUT2D eigenvalue weighted by atomic mass is 35.5. The van der Waals surface area contributed by atoms with Crippen LogP contribution in [0.1, 0.15) is 12.5 Å². The smallest absolute Gasteiger partial charge is 0.418 e. The largest absolute Gasteiger partial charge is 0.495 e. The summed E-state index contributed by atoms with van der Waals surface area (Å²) in [4.78, 5) is 26.2. The van der Waals surface area contributed by atoms with Gasteiger partial charge in [0, 0.05) is 5.02 Å². The van der Waals surface area contributed by atoms with E-state index in [1.54, 1.807) is 12.1 Å². The van der Waals surface area contributed by atoms with Gasteiger partial charge in [0.05, 0.1) is 36.6 Å². The molecule has 1 unspecified atom stereocenters. The van der Waals surface area contributed by atoms with Crippen molar-refractivity contribution in [3.05, 3.63) is 53.1 Å². The molecule has 0 heterocycles. The molecule has 0 radical (unpaired) electrons. The van der Waals surface area contributed by atoms with E-state index >= 15 is 0 Å². The van der Waals surface area contributed by atoms with Crippen LogP contribution in [0.15, 0.2) is 42.5 Å². The number of methoxy groups -OCH3 is 1. The third kappa shape index (κ3) is 6.11. The highest BCUT2D eigenvalue weighted by molar-refractivity contribution is 6.31. The van der Waals surface area contributed by atoms with Crippen LogP contribution in [0.25, 0.3) is 0 Å². The minimum absolute atomic E-state index is 0.189. The quantitative estimate of drug-likeness (QED) is 0.670. The van der Waals surface area contributed by atoms with E-state index in [2.05, 4.69) is 10.6 Å². The molecule has 0 aliphatic heterocycles. The van der Waals surface area contributed by atoms with E-state index < -0.39 is 29.6 Å². The first-order valence-corrected chi connectivity index (χ1v) is 9.21. The topological polar surface area (TPSA) is 70.7 Å². The van der Waals surface area contributed by atoms with Crippen molar-refractivity contribution in [2.24, 2.45) is 0 Å². The van der Waals surface area contributed by atoms with Gasteiger partial charge in [-0.25, -0.2) is 0 Å². The lowest BCUT2D eigenvalue weighted by molar-refractivity contribution is -0.137. The number of likely N-dealkylation sites (N-methyl/N-ethyl adjacent to an activating group) is 1. The number of nitrogens with one attached hydrogen (secondary N) is 2. The Labute approximate surface area is 177 Å². The molecule has 2 aromatic rings. The Bertz CT molecular complexity index is 922. The first-order valence-electron chi connectivity index (χ1n) is 8.83. The molecular weight excluding hydrogens is 423 g/mol. The lowest BCUT2D eigenvalue weighted by Crippen LogP contribution is -2.43. The van der Waals surface area contributed by atoms with Gasteiger partial charge in [-0.1, -0.05) is 23.7 Å². The summed E-state index contributed by atoms with van der Waals surface area (Å²) in [7, 11) is 2.95. The van der Waals surface area contributed by atoms with Crippen LogP contribution >= 0.6 is 11.6 Å². The lowest BCUT2D eigenvalue weighted by Gasteiger charge is -2.24. The Kier molecular flexibility index (Phi) is 7.69. The highest BCUT2D eigenvalue weighted by Crippen LogP contribution is 2.34. The van der Waals surface area contributed by atoms with Gasteiger partial charge in [0.15, 0.2) is 0 Å². The number of carbonyl (C=O) groups excluding carboxylic acids is 2. The summed E-state index contributed by atoms with van der Waals surface area (Å²) >= 11 is 5.93. The highest BCUT2D eigenvalue weighted by Gasteiger charge is 2.34. The summed E-state index contributed by atoms with van der Waals surface area (Å²) in [6.07, 6.45) is -4.60. The molecule has 0 aliphatic rings. The molecule has 2 N–H and O–H groups in total. The Morgan fingerprint density at radius 2 is 1.80 bits per heavy atom. The minimum atomic E-state index is -4.60. The van der Waals surface area contributed by atoms with Gasteiger partial charge in [-0.2, -0.15) is 13.2 Å². The number of rotatable bonds is 7. The molecular formula is C20H21ClF3N3O3. The number of anilines is 2. The van der Waals surface area contributed by atoms with Crippen molar-refractivity contribution >= 4 is 34.8 Å². The van der Waals surface area contributed by atoms with Gasteiger partial charge < -0.3 is 15.4 Å². The van der Waals surface area contributed by atoms with Crippen molar-refractivity contribution in [1.82, 2.24) is 4.90 Å². The van der Waals surface area contributed by atoms with Crippen LogP contribution in [0.3, 0.4) is 0 Å². The van der Waals surface area contributed by atoms with Crippen LogP contribution < -0.4 is 15.4 Å². The zero-order valence-electron chi connectivity index (χ0n) is 16.5. The molecule has 0 bridgehead atoms. The fourth-order valence-corrected chi connectivity index (χ4v) is 2.78. The lowest BCUT2D eigenvalue weighted by atomic mass is 10.1. The summed E-state index contributed by atoms with van der Waals surface area (Å²) in [5.74, 6) is -0.722. The van der Waals surface area contributed by atoms with Crippen LogP contribution in [0.2, 0.25) is 5.02 Å². The number of benzene rings is 2. The molecule has 2 aromatic carbocycles. The van der Waals surface area contributed by atoms with Crippen molar-refractivity contribution in [2.75, 3.05) is 31.3 Å². The van der Waals surface area contributed by atoms with Gasteiger partial charge >= 0.3 is 6.18 Å². The SMILES string of the molecule is COc1ccc(Cl)cc1NC(=O)CN(C)C(C)C(=O)Nc1ccccc1C(F)(F)F. The van der Waals surface area contributed by atoms with Gasteiger partial charge in [-0.05, 0) is 44.3 Å². The molecule has 6 nitrogen and oxygen atoms in total. The third-order valence-corrected chi connectivity index (χ3v) is 4.59. The average molecular weight is 444 g/mol. The third-order valence-electron chi connectivity index (χ3n) is 4.36. The van der Waals surface area contributed by atoms with E-state index in [0.717, 1.165) is 6.07 Å². The van der Waals surface area contributed by atoms with Gasteiger partial charge in [0.2, 0.25) is 11.8 Å². The van der Waals surface area contributed by atoms with E-state index in [1.807, 2.05) is 0 Å². The number of amides is 2. The molecule has 2 rings (SSSR count). The minimum Gasteiger partial charge on any atom is -0.495 e. The zero-order chi connectivity index (χ0) is 22.5. The maximum absolute atomic E-state index is 13.1. The number of nitrogens with zero attached hydrogens (tertiary/aromatic N) is 1. The van der Waals surface area contributed by atoms with E-state index in [-0.39, 0.29) is 12.2 Å². The van der Waals surface area contributed by atoms with Crippen LogP contribution in [-0.2, 0) is 15.8 Å². The summed E-state index contributed by atoms with van der Waals surface area (Å²) in [5, 5.41) is 5.31. The number of alkyl halides is 3. The van der Waals surface area contributed by atoms with Crippen molar-refractivity contribution in [1.29, 1.82) is 0 Å². The molecule has 10 heteroatoms. The number of para-hydroxylation sites is 1. The number of hydrogen-bond acceptors (Lipinski definition) is 4. The molecule has 0 aromatic heterocycles. The monoisotopic (exact) mass is 443 g/mol. The second-order valence-electron chi connectivity index (χ2n) is 6.52. The normalized spacial score (nSPS) is 12.4. The standard InChI is InChI=1S/C20H21ClF3N3O3/c1-12(19(29)26-15-7-5-4-6-14(15)20(22,23)24)27(2)11-18(28)25-16-10-13(21)8-9-17(16)30-3/h4-10,12H,11H2,1-3H3,(H,25,28)(H,26,29). The zero-order valence-corrected chi connectivity index (χ0v) is 17.3. The van der Waals surface area contributed by atoms with Crippen molar-refractivity contribution in [3.8, 4) is 5.75 Å². The van der Waals surface area contributed by atoms with E-state index in [4.69, 9.17) is 16.3 Å². The predicted octanol–water partition coefficient (Wildman–Crippen LogP) is 4.26. The molecule has 2 amide bonds. The van der Waals surface area contributed by atoms with E-state index in [9.17, 15) is 22.8 Å². The molecule has 0 spiro atoms.